The van der Waals surface area contributed by atoms with Crippen molar-refractivity contribution in [2.75, 3.05) is 58.4 Å². The van der Waals surface area contributed by atoms with Gasteiger partial charge in [-0.05, 0) is 50.2 Å². The summed E-state index contributed by atoms with van der Waals surface area (Å²) in [5, 5.41) is 2.30. The second-order valence-electron chi connectivity index (χ2n) is 9.41. The van der Waals surface area contributed by atoms with E-state index in [1.807, 2.05) is 30.0 Å². The van der Waals surface area contributed by atoms with Gasteiger partial charge in [-0.15, -0.1) is 0 Å². The first-order valence-corrected chi connectivity index (χ1v) is 12.7. The van der Waals surface area contributed by atoms with Crippen LogP contribution in [-0.4, -0.2) is 79.8 Å². The maximum Gasteiger partial charge on any atom is 0.345 e. The van der Waals surface area contributed by atoms with Crippen molar-refractivity contribution < 1.29 is 19.1 Å². The summed E-state index contributed by atoms with van der Waals surface area (Å²) in [6.07, 6.45) is 0. The number of likely N-dealkylation sites (N-methyl/N-ethyl adjacent to an activating group) is 1. The van der Waals surface area contributed by atoms with Gasteiger partial charge < -0.3 is 23.8 Å². The van der Waals surface area contributed by atoms with E-state index < -0.39 is 11.5 Å². The normalized spacial score (nSPS) is 13.7. The number of esters is 1. The quantitative estimate of drug-likeness (QED) is 0.273. The van der Waals surface area contributed by atoms with Crippen molar-refractivity contribution in [2.45, 2.75) is 20.4 Å². The van der Waals surface area contributed by atoms with E-state index in [4.69, 9.17) is 15.3 Å². The molecule has 4 rings (SSSR count). The number of hydrogen-bond donors (Lipinski definition) is 1. The fourth-order valence-electron chi connectivity index (χ4n) is 4.80. The van der Waals surface area contributed by atoms with Gasteiger partial charge in [-0.25, -0.2) is 9.80 Å². The lowest BCUT2D eigenvalue weighted by molar-refractivity contribution is 0.0523. The Morgan fingerprint density at radius 3 is 2.34 bits per heavy atom. The zero-order valence-corrected chi connectivity index (χ0v) is 22.4. The molecule has 10 heteroatoms. The first kappa shape index (κ1) is 27.2. The molecule has 2 N–H and O–H groups in total. The zero-order valence-electron chi connectivity index (χ0n) is 22.4. The number of aromatic nitrogens is 1. The van der Waals surface area contributed by atoms with Gasteiger partial charge in [0.2, 0.25) is 0 Å². The summed E-state index contributed by atoms with van der Waals surface area (Å²) in [7, 11) is 3.31. The Balaban J connectivity index is 1.72. The second-order valence-corrected chi connectivity index (χ2v) is 9.41. The minimum atomic E-state index is -0.650. The number of benzene rings is 2. The number of hydrazine groups is 1. The number of anilines is 1. The molecule has 1 aromatic heterocycles. The van der Waals surface area contributed by atoms with Gasteiger partial charge in [0.25, 0.3) is 11.5 Å². The van der Waals surface area contributed by atoms with Crippen LogP contribution in [0.25, 0.3) is 10.9 Å². The summed E-state index contributed by atoms with van der Waals surface area (Å²) < 4.78 is 12.1. The van der Waals surface area contributed by atoms with Gasteiger partial charge in [0.05, 0.1) is 24.9 Å². The molecular formula is C28H35N5O5. The Labute approximate surface area is 222 Å². The molecule has 0 aliphatic carbocycles. The van der Waals surface area contributed by atoms with Crippen molar-refractivity contribution in [1.29, 1.82) is 0 Å². The maximum atomic E-state index is 13.8. The van der Waals surface area contributed by atoms with Crippen LogP contribution in [0.5, 0.6) is 5.75 Å². The van der Waals surface area contributed by atoms with E-state index in [1.165, 1.54) is 5.01 Å². The van der Waals surface area contributed by atoms with Crippen LogP contribution < -0.4 is 21.0 Å². The van der Waals surface area contributed by atoms with Gasteiger partial charge in [0.1, 0.15) is 11.3 Å². The molecule has 0 spiro atoms. The number of aryl methyl sites for hydroxylation is 1. The number of fused-ring (bicyclic) bond motifs is 1. The smallest absolute Gasteiger partial charge is 0.345 e. The third kappa shape index (κ3) is 5.51. The summed E-state index contributed by atoms with van der Waals surface area (Å²) >= 11 is 0. The van der Waals surface area contributed by atoms with Crippen LogP contribution in [0.1, 0.15) is 33.2 Å². The first-order chi connectivity index (χ1) is 18.2. The molecule has 10 nitrogen and oxygen atoms in total. The Kier molecular flexibility index (Phi) is 8.33. The number of ether oxygens (including phenoxy) is 2. The van der Waals surface area contributed by atoms with Gasteiger partial charge in [0, 0.05) is 57.3 Å². The molecule has 202 valence electrons. The van der Waals surface area contributed by atoms with E-state index in [1.54, 1.807) is 54.8 Å². The van der Waals surface area contributed by atoms with E-state index in [9.17, 15) is 14.4 Å². The third-order valence-corrected chi connectivity index (χ3v) is 6.77. The van der Waals surface area contributed by atoms with E-state index in [0.29, 0.717) is 56.3 Å². The lowest BCUT2D eigenvalue weighted by atomic mass is 10.0. The highest BCUT2D eigenvalue weighted by Gasteiger charge is 2.30. The fraction of sp³-hybridized carbons (Fsp3) is 0.393. The molecular weight excluding hydrogens is 486 g/mol. The molecule has 38 heavy (non-hydrogen) atoms. The predicted molar refractivity (Wildman–Crippen MR) is 147 cm³/mol. The van der Waals surface area contributed by atoms with Gasteiger partial charge >= 0.3 is 5.97 Å². The van der Waals surface area contributed by atoms with Crippen molar-refractivity contribution in [3.63, 3.8) is 0 Å². The Bertz CT molecular complexity index is 1380. The molecule has 2 heterocycles. The minimum Gasteiger partial charge on any atom is -0.497 e. The molecule has 1 fully saturated rings. The van der Waals surface area contributed by atoms with Gasteiger partial charge in [0.15, 0.2) is 0 Å². The van der Waals surface area contributed by atoms with E-state index in [0.717, 1.165) is 16.5 Å². The van der Waals surface area contributed by atoms with Crippen LogP contribution in [0.3, 0.4) is 0 Å². The molecule has 1 saturated heterocycles. The lowest BCUT2D eigenvalue weighted by Gasteiger charge is -2.37. The number of pyridine rings is 1. The van der Waals surface area contributed by atoms with E-state index in [-0.39, 0.29) is 18.1 Å². The number of rotatable bonds is 8. The third-order valence-electron chi connectivity index (χ3n) is 6.77. The van der Waals surface area contributed by atoms with Gasteiger partial charge in [-0.1, -0.05) is 11.6 Å². The molecule has 0 saturated carbocycles. The zero-order chi connectivity index (χ0) is 27.4. The van der Waals surface area contributed by atoms with Crippen LogP contribution in [0.15, 0.2) is 47.3 Å². The number of amides is 1. The summed E-state index contributed by atoms with van der Waals surface area (Å²) in [6, 6.07) is 12.9. The number of piperazine rings is 1. The molecule has 0 atom stereocenters. The highest BCUT2D eigenvalue weighted by atomic mass is 16.5. The topological polar surface area (TPSA) is 110 Å². The van der Waals surface area contributed by atoms with Crippen LogP contribution >= 0.6 is 0 Å². The number of nitrogens with two attached hydrogens (primary N) is 1. The average molecular weight is 522 g/mol. The van der Waals surface area contributed by atoms with Crippen LogP contribution in [0, 0.1) is 6.92 Å². The van der Waals surface area contributed by atoms with E-state index in [2.05, 4.69) is 0 Å². The average Bonchev–Trinajstić information content (AvgIpc) is 2.91. The molecule has 1 amide bonds. The SMILES string of the molecule is CCOC(=O)c1c(N2CCN(C(=O)c3ccc(OC)cc3)CC2)c2cc(C)ccc2n(CCN(C)N)c1=O. The fourth-order valence-corrected chi connectivity index (χ4v) is 4.80. The number of carbonyl (C=O) groups is 2. The van der Waals surface area contributed by atoms with Crippen LogP contribution in [-0.2, 0) is 11.3 Å². The number of carbonyl (C=O) groups excluding carboxylic acids is 2. The van der Waals surface area contributed by atoms with Crippen LogP contribution in [0.4, 0.5) is 5.69 Å². The number of hydrogen-bond acceptors (Lipinski definition) is 8. The van der Waals surface area contributed by atoms with E-state index >= 15 is 0 Å². The minimum absolute atomic E-state index is 0.0135. The highest BCUT2D eigenvalue weighted by Crippen LogP contribution is 2.31. The van der Waals surface area contributed by atoms with Crippen molar-refractivity contribution in [2.24, 2.45) is 5.84 Å². The second kappa shape index (κ2) is 11.7. The van der Waals surface area contributed by atoms with Crippen molar-refractivity contribution in [3.05, 3.63) is 69.5 Å². The largest absolute Gasteiger partial charge is 0.497 e. The standard InChI is InChI=1S/C28H35N5O5/c1-5-38-28(36)24-25(22-18-19(2)6-11-23(22)33(27(24)35)17-12-30(3)29)31-13-15-32(16-14-31)26(34)20-7-9-21(37-4)10-8-20/h6-11,18H,5,12-17,29H2,1-4H3. The Morgan fingerprint density at radius 1 is 1.05 bits per heavy atom. The van der Waals surface area contributed by atoms with Crippen LogP contribution in [0.2, 0.25) is 0 Å². The predicted octanol–water partition coefficient (Wildman–Crippen LogP) is 2.26. The van der Waals surface area contributed by atoms with Gasteiger partial charge in [-0.2, -0.15) is 0 Å². The molecule has 1 aliphatic heterocycles. The van der Waals surface area contributed by atoms with Crippen molar-refractivity contribution >= 4 is 28.5 Å². The van der Waals surface area contributed by atoms with Gasteiger partial charge in [-0.3, -0.25) is 15.4 Å². The summed E-state index contributed by atoms with van der Waals surface area (Å²) in [4.78, 5) is 43.9. The molecule has 0 radical (unpaired) electrons. The molecule has 0 bridgehead atoms. The Hall–Kier alpha value is -3.89. The lowest BCUT2D eigenvalue weighted by Crippen LogP contribution is -2.50. The first-order valence-electron chi connectivity index (χ1n) is 12.7. The monoisotopic (exact) mass is 521 g/mol. The number of nitrogens with zero attached hydrogens (tertiary/aromatic N) is 4. The number of methoxy groups -OCH3 is 1. The molecule has 2 aromatic carbocycles. The van der Waals surface area contributed by atoms with Crippen molar-refractivity contribution in [3.8, 4) is 5.75 Å². The summed E-state index contributed by atoms with van der Waals surface area (Å²) in [5.41, 5.74) is 2.47. The highest BCUT2D eigenvalue weighted by molar-refractivity contribution is 6.06. The molecule has 0 unspecified atom stereocenters. The van der Waals surface area contributed by atoms with Crippen molar-refractivity contribution in [1.82, 2.24) is 14.5 Å². The summed E-state index contributed by atoms with van der Waals surface area (Å²) in [6.45, 7) is 6.41. The maximum absolute atomic E-state index is 13.8. The Morgan fingerprint density at radius 2 is 1.74 bits per heavy atom. The molecule has 1 aliphatic rings. The summed E-state index contributed by atoms with van der Waals surface area (Å²) in [5.74, 6) is 5.79. The molecule has 3 aromatic rings.